The molecule has 3 nitrogen and oxygen atoms in total. The molecular formula is C20H13ClN2OS. The van der Waals surface area contributed by atoms with Gasteiger partial charge in [-0.2, -0.15) is 0 Å². The van der Waals surface area contributed by atoms with Gasteiger partial charge in [0.25, 0.3) is 0 Å². The van der Waals surface area contributed by atoms with Gasteiger partial charge in [-0.25, -0.2) is 4.98 Å². The molecule has 122 valence electrons. The summed E-state index contributed by atoms with van der Waals surface area (Å²) >= 11 is 7.38. The van der Waals surface area contributed by atoms with Crippen LogP contribution in [0.1, 0.15) is 21.1 Å². The molecule has 0 aliphatic rings. The summed E-state index contributed by atoms with van der Waals surface area (Å²) in [5, 5.41) is 2.55. The maximum Gasteiger partial charge on any atom is 0.206 e. The van der Waals surface area contributed by atoms with E-state index in [4.69, 9.17) is 11.6 Å². The molecule has 25 heavy (non-hydrogen) atoms. The number of ketones is 1. The number of hydrogen-bond acceptors (Lipinski definition) is 3. The standard InChI is InChI=1S/C20H13ClN2OS/c21-14-9-7-13(8-10-14)12-15(19(24)18-6-3-11-25-18)20-22-16-4-1-2-5-17(16)23-20/h1-12H,(H,22,23)/b15-12-. The summed E-state index contributed by atoms with van der Waals surface area (Å²) in [6, 6.07) is 18.8. The normalized spacial score (nSPS) is 11.8. The second-order valence-electron chi connectivity index (χ2n) is 5.52. The van der Waals surface area contributed by atoms with Crippen LogP contribution >= 0.6 is 22.9 Å². The number of imidazole rings is 1. The molecule has 0 saturated heterocycles. The summed E-state index contributed by atoms with van der Waals surface area (Å²) in [5.41, 5.74) is 3.16. The van der Waals surface area contributed by atoms with Crippen molar-refractivity contribution in [2.45, 2.75) is 0 Å². The van der Waals surface area contributed by atoms with E-state index < -0.39 is 0 Å². The van der Waals surface area contributed by atoms with Crippen molar-refractivity contribution in [1.29, 1.82) is 0 Å². The van der Waals surface area contributed by atoms with Crippen molar-refractivity contribution in [2.24, 2.45) is 0 Å². The van der Waals surface area contributed by atoms with Crippen LogP contribution in [0.25, 0.3) is 22.7 Å². The van der Waals surface area contributed by atoms with Crippen molar-refractivity contribution in [1.82, 2.24) is 9.97 Å². The summed E-state index contributed by atoms with van der Waals surface area (Å²) in [6.45, 7) is 0. The molecule has 0 spiro atoms. The number of allylic oxidation sites excluding steroid dienone is 1. The van der Waals surface area contributed by atoms with E-state index in [1.54, 1.807) is 12.1 Å². The van der Waals surface area contributed by atoms with E-state index in [1.807, 2.05) is 60.0 Å². The zero-order chi connectivity index (χ0) is 17.2. The lowest BCUT2D eigenvalue weighted by Crippen LogP contribution is -2.02. The zero-order valence-electron chi connectivity index (χ0n) is 13.1. The molecule has 0 fully saturated rings. The topological polar surface area (TPSA) is 45.8 Å². The Morgan fingerprint density at radius 3 is 2.56 bits per heavy atom. The quantitative estimate of drug-likeness (QED) is 0.373. The molecule has 2 heterocycles. The maximum absolute atomic E-state index is 13.0. The number of H-pyrrole nitrogens is 1. The molecular weight excluding hydrogens is 352 g/mol. The molecule has 0 aliphatic carbocycles. The second-order valence-corrected chi connectivity index (χ2v) is 6.90. The van der Waals surface area contributed by atoms with Crippen molar-refractivity contribution in [2.75, 3.05) is 0 Å². The van der Waals surface area contributed by atoms with Gasteiger partial charge in [0.15, 0.2) is 0 Å². The minimum atomic E-state index is -0.0518. The van der Waals surface area contributed by atoms with E-state index in [0.29, 0.717) is 21.3 Å². The number of nitrogens with zero attached hydrogens (tertiary/aromatic N) is 1. The Hall–Kier alpha value is -2.69. The van der Waals surface area contributed by atoms with Gasteiger partial charge < -0.3 is 4.98 Å². The van der Waals surface area contributed by atoms with Crippen molar-refractivity contribution in [3.8, 4) is 0 Å². The van der Waals surface area contributed by atoms with Crippen LogP contribution < -0.4 is 0 Å². The van der Waals surface area contributed by atoms with Crippen molar-refractivity contribution >= 4 is 51.4 Å². The minimum Gasteiger partial charge on any atom is -0.338 e. The number of fused-ring (bicyclic) bond motifs is 1. The van der Waals surface area contributed by atoms with Gasteiger partial charge in [-0.15, -0.1) is 11.3 Å². The predicted octanol–water partition coefficient (Wildman–Crippen LogP) is 5.70. The third-order valence-electron chi connectivity index (χ3n) is 3.82. The first-order chi connectivity index (χ1) is 12.2. The Kier molecular flexibility index (Phi) is 4.22. The Morgan fingerprint density at radius 2 is 1.84 bits per heavy atom. The summed E-state index contributed by atoms with van der Waals surface area (Å²) in [4.78, 5) is 21.5. The zero-order valence-corrected chi connectivity index (χ0v) is 14.6. The highest BCUT2D eigenvalue weighted by Gasteiger charge is 2.18. The minimum absolute atomic E-state index is 0.0518. The maximum atomic E-state index is 13.0. The fourth-order valence-electron chi connectivity index (χ4n) is 2.59. The SMILES string of the molecule is O=C(/C(=C/c1ccc(Cl)cc1)c1nc2ccccc2[nH]1)c1cccs1. The molecule has 4 aromatic rings. The summed E-state index contributed by atoms with van der Waals surface area (Å²) in [7, 11) is 0. The molecule has 0 amide bonds. The first kappa shape index (κ1) is 15.8. The lowest BCUT2D eigenvalue weighted by molar-refractivity contribution is 0.106. The largest absolute Gasteiger partial charge is 0.338 e. The Balaban J connectivity index is 1.85. The molecule has 0 radical (unpaired) electrons. The average Bonchev–Trinajstić information content (AvgIpc) is 3.30. The van der Waals surface area contributed by atoms with E-state index in [9.17, 15) is 4.79 Å². The van der Waals surface area contributed by atoms with Crippen LogP contribution in [0.2, 0.25) is 5.02 Å². The summed E-state index contributed by atoms with van der Waals surface area (Å²) < 4.78 is 0. The molecule has 2 aromatic carbocycles. The van der Waals surface area contributed by atoms with Crippen LogP contribution in [0.3, 0.4) is 0 Å². The van der Waals surface area contributed by atoms with E-state index >= 15 is 0 Å². The van der Waals surface area contributed by atoms with E-state index in [2.05, 4.69) is 9.97 Å². The van der Waals surface area contributed by atoms with E-state index in [0.717, 1.165) is 16.6 Å². The molecule has 0 atom stereocenters. The molecule has 4 rings (SSSR count). The number of carbonyl (C=O) groups excluding carboxylic acids is 1. The Bertz CT molecular complexity index is 1030. The number of aromatic nitrogens is 2. The van der Waals surface area contributed by atoms with Crippen LogP contribution in [0, 0.1) is 0 Å². The van der Waals surface area contributed by atoms with E-state index in [1.165, 1.54) is 11.3 Å². The van der Waals surface area contributed by atoms with Gasteiger partial charge in [-0.05, 0) is 47.4 Å². The fourth-order valence-corrected chi connectivity index (χ4v) is 3.39. The molecule has 2 aromatic heterocycles. The molecule has 1 N–H and O–H groups in total. The van der Waals surface area contributed by atoms with Crippen LogP contribution in [0.4, 0.5) is 0 Å². The van der Waals surface area contributed by atoms with Crippen molar-refractivity contribution in [3.05, 3.63) is 87.3 Å². The van der Waals surface area contributed by atoms with Gasteiger partial charge in [0, 0.05) is 5.02 Å². The third-order valence-corrected chi connectivity index (χ3v) is 4.94. The number of Topliss-reactive ketones (excluding diaryl/α,β-unsaturated/α-hetero) is 1. The number of nitrogens with one attached hydrogen (secondary N) is 1. The summed E-state index contributed by atoms with van der Waals surface area (Å²) in [6.07, 6.45) is 1.84. The Labute approximate surface area is 153 Å². The van der Waals surface area contributed by atoms with Crippen LogP contribution in [-0.4, -0.2) is 15.8 Å². The van der Waals surface area contributed by atoms with Crippen LogP contribution in [0.15, 0.2) is 66.0 Å². The van der Waals surface area contributed by atoms with Gasteiger partial charge in [-0.1, -0.05) is 41.9 Å². The lowest BCUT2D eigenvalue weighted by atomic mass is 10.1. The van der Waals surface area contributed by atoms with E-state index in [-0.39, 0.29) is 5.78 Å². The van der Waals surface area contributed by atoms with Gasteiger partial charge >= 0.3 is 0 Å². The van der Waals surface area contributed by atoms with Crippen LogP contribution in [-0.2, 0) is 0 Å². The number of aromatic amines is 1. The highest BCUT2D eigenvalue weighted by molar-refractivity contribution is 7.12. The number of benzene rings is 2. The van der Waals surface area contributed by atoms with Gasteiger partial charge in [-0.3, -0.25) is 4.79 Å². The lowest BCUT2D eigenvalue weighted by Gasteiger charge is -2.03. The number of rotatable bonds is 4. The smallest absolute Gasteiger partial charge is 0.206 e. The molecule has 5 heteroatoms. The summed E-state index contributed by atoms with van der Waals surface area (Å²) in [5.74, 6) is 0.513. The monoisotopic (exact) mass is 364 g/mol. The number of para-hydroxylation sites is 2. The number of hydrogen-bond donors (Lipinski definition) is 1. The van der Waals surface area contributed by atoms with Crippen LogP contribution in [0.5, 0.6) is 0 Å². The van der Waals surface area contributed by atoms with Gasteiger partial charge in [0.1, 0.15) is 5.82 Å². The second kappa shape index (κ2) is 6.67. The van der Waals surface area contributed by atoms with Crippen molar-refractivity contribution in [3.63, 3.8) is 0 Å². The molecule has 0 aliphatic heterocycles. The average molecular weight is 365 g/mol. The predicted molar refractivity (Wildman–Crippen MR) is 104 cm³/mol. The fraction of sp³-hybridized carbons (Fsp3) is 0. The Morgan fingerprint density at radius 1 is 1.04 bits per heavy atom. The highest BCUT2D eigenvalue weighted by Crippen LogP contribution is 2.25. The molecule has 0 saturated carbocycles. The van der Waals surface area contributed by atoms with Gasteiger partial charge in [0.05, 0.1) is 21.5 Å². The first-order valence-corrected chi connectivity index (χ1v) is 8.97. The molecule has 0 unspecified atom stereocenters. The highest BCUT2D eigenvalue weighted by atomic mass is 35.5. The molecule has 0 bridgehead atoms. The number of thiophene rings is 1. The van der Waals surface area contributed by atoms with Crippen molar-refractivity contribution < 1.29 is 4.79 Å². The number of carbonyl (C=O) groups is 1. The third kappa shape index (κ3) is 3.27. The first-order valence-electron chi connectivity index (χ1n) is 7.71. The van der Waals surface area contributed by atoms with Gasteiger partial charge in [0.2, 0.25) is 5.78 Å². The number of halogens is 1.